The Kier molecular flexibility index (Phi) is 6.86. The molecule has 1 heterocycles. The number of rotatable bonds is 7. The predicted octanol–water partition coefficient (Wildman–Crippen LogP) is 5.04. The van der Waals surface area contributed by atoms with Gasteiger partial charge in [0.25, 0.3) is 0 Å². The molecule has 4 rings (SSSR count). The molecule has 1 aromatic heterocycles. The summed E-state index contributed by atoms with van der Waals surface area (Å²) in [7, 11) is 2.00. The van der Waals surface area contributed by atoms with Crippen molar-refractivity contribution in [2.45, 2.75) is 63.6 Å². The lowest BCUT2D eigenvalue weighted by molar-refractivity contribution is -0.133. The van der Waals surface area contributed by atoms with Gasteiger partial charge < -0.3 is 19.7 Å². The third-order valence-corrected chi connectivity index (χ3v) is 6.58. The van der Waals surface area contributed by atoms with Gasteiger partial charge in [0, 0.05) is 41.7 Å². The molecule has 0 saturated heterocycles. The summed E-state index contributed by atoms with van der Waals surface area (Å²) in [5.74, 6) is 0.0236. The highest BCUT2D eigenvalue weighted by atomic mass is 35.5. The number of urea groups is 1. The molecule has 6 nitrogen and oxygen atoms in total. The van der Waals surface area contributed by atoms with Crippen molar-refractivity contribution in [3.8, 4) is 0 Å². The Morgan fingerprint density at radius 2 is 1.77 bits per heavy atom. The number of carbonyl (C=O) groups excluding carboxylic acids is 2. The van der Waals surface area contributed by atoms with Crippen molar-refractivity contribution in [1.82, 2.24) is 14.4 Å². The quantitative estimate of drug-likeness (QED) is 0.653. The van der Waals surface area contributed by atoms with Crippen molar-refractivity contribution in [2.75, 3.05) is 11.9 Å². The Hall–Kier alpha value is -2.47. The zero-order valence-electron chi connectivity index (χ0n) is 18.1. The van der Waals surface area contributed by atoms with Gasteiger partial charge in [-0.05, 0) is 56.0 Å². The first kappa shape index (κ1) is 21.8. The number of nitrogens with zero attached hydrogens (tertiary/aromatic N) is 3. The summed E-state index contributed by atoms with van der Waals surface area (Å²) in [6.07, 6.45) is 9.33. The molecule has 0 unspecified atom stereocenters. The van der Waals surface area contributed by atoms with Crippen LogP contribution in [0, 0.1) is 0 Å². The minimum absolute atomic E-state index is 0.0236. The van der Waals surface area contributed by atoms with Gasteiger partial charge in [-0.3, -0.25) is 4.79 Å². The predicted molar refractivity (Wildman–Crippen MR) is 123 cm³/mol. The second-order valence-electron chi connectivity index (χ2n) is 8.72. The molecule has 166 valence electrons. The van der Waals surface area contributed by atoms with Crippen molar-refractivity contribution >= 4 is 29.2 Å². The standard InChI is InChI=1S/C24H31ClN4O2/c1-27-14-6-11-22(27)16-28(21-12-13-21)23(30)17-29(20-9-3-2-4-10-20)24(31)26-19-8-5-7-18(25)15-19/h5-8,11,14-15,20-21H,2-4,9-10,12-13,16-17H2,1H3,(H,26,31). The van der Waals surface area contributed by atoms with Gasteiger partial charge in [-0.25, -0.2) is 4.79 Å². The number of anilines is 1. The third-order valence-electron chi connectivity index (χ3n) is 6.35. The molecule has 3 amide bonds. The van der Waals surface area contributed by atoms with E-state index in [0.717, 1.165) is 44.2 Å². The largest absolute Gasteiger partial charge is 0.353 e. The van der Waals surface area contributed by atoms with E-state index in [1.165, 1.54) is 6.42 Å². The summed E-state index contributed by atoms with van der Waals surface area (Å²) in [4.78, 5) is 30.3. The maximum Gasteiger partial charge on any atom is 0.322 e. The van der Waals surface area contributed by atoms with Crippen LogP contribution in [0.5, 0.6) is 0 Å². The number of amides is 3. The molecule has 2 aliphatic carbocycles. The normalized spacial score (nSPS) is 16.7. The number of halogens is 1. The van der Waals surface area contributed by atoms with Gasteiger partial charge in [0.05, 0.1) is 6.54 Å². The SMILES string of the molecule is Cn1cccc1CN(C(=O)CN(C(=O)Nc1cccc(Cl)c1)C1CCCCC1)C1CC1. The average molecular weight is 443 g/mol. The van der Waals surface area contributed by atoms with Crippen LogP contribution in [-0.2, 0) is 18.4 Å². The Morgan fingerprint density at radius 3 is 2.42 bits per heavy atom. The lowest BCUT2D eigenvalue weighted by Gasteiger charge is -2.35. The topological polar surface area (TPSA) is 57.6 Å². The fourth-order valence-electron chi connectivity index (χ4n) is 4.40. The summed E-state index contributed by atoms with van der Waals surface area (Å²) in [5, 5.41) is 3.52. The number of hydrogen-bond donors (Lipinski definition) is 1. The fourth-order valence-corrected chi connectivity index (χ4v) is 4.59. The van der Waals surface area contributed by atoms with Crippen molar-refractivity contribution in [2.24, 2.45) is 7.05 Å². The van der Waals surface area contributed by atoms with Crippen molar-refractivity contribution in [3.05, 3.63) is 53.3 Å². The van der Waals surface area contributed by atoms with E-state index in [1.807, 2.05) is 47.0 Å². The van der Waals surface area contributed by atoms with E-state index in [1.54, 1.807) is 17.0 Å². The van der Waals surface area contributed by atoms with Crippen molar-refractivity contribution in [3.63, 3.8) is 0 Å². The maximum absolute atomic E-state index is 13.4. The van der Waals surface area contributed by atoms with Crippen molar-refractivity contribution < 1.29 is 9.59 Å². The number of carbonyl (C=O) groups is 2. The molecule has 31 heavy (non-hydrogen) atoms. The van der Waals surface area contributed by atoms with Gasteiger partial charge in [0.1, 0.15) is 6.54 Å². The van der Waals surface area contributed by atoms with E-state index in [9.17, 15) is 9.59 Å². The van der Waals surface area contributed by atoms with Crippen LogP contribution in [0.2, 0.25) is 5.02 Å². The van der Waals surface area contributed by atoms with Gasteiger partial charge in [0.15, 0.2) is 0 Å². The summed E-state index contributed by atoms with van der Waals surface area (Å²) in [6, 6.07) is 11.3. The zero-order chi connectivity index (χ0) is 21.8. The Labute approximate surface area is 189 Å². The highest BCUT2D eigenvalue weighted by molar-refractivity contribution is 6.30. The molecule has 1 N–H and O–H groups in total. The average Bonchev–Trinajstić information content (AvgIpc) is 3.52. The summed E-state index contributed by atoms with van der Waals surface area (Å²) < 4.78 is 2.05. The summed E-state index contributed by atoms with van der Waals surface area (Å²) >= 11 is 6.08. The third kappa shape index (κ3) is 5.62. The van der Waals surface area contributed by atoms with Gasteiger partial charge >= 0.3 is 6.03 Å². The molecule has 2 aliphatic rings. The highest BCUT2D eigenvalue weighted by Gasteiger charge is 2.35. The lowest BCUT2D eigenvalue weighted by atomic mass is 9.94. The molecular formula is C24H31ClN4O2. The van der Waals surface area contributed by atoms with E-state index in [-0.39, 0.29) is 30.6 Å². The van der Waals surface area contributed by atoms with Crippen molar-refractivity contribution in [1.29, 1.82) is 0 Å². The molecule has 2 saturated carbocycles. The van der Waals surface area contributed by atoms with Crippen LogP contribution >= 0.6 is 11.6 Å². The molecule has 0 bridgehead atoms. The van der Waals surface area contributed by atoms with E-state index < -0.39 is 0 Å². The lowest BCUT2D eigenvalue weighted by Crippen LogP contribution is -2.50. The molecule has 0 atom stereocenters. The number of aromatic nitrogens is 1. The maximum atomic E-state index is 13.4. The smallest absolute Gasteiger partial charge is 0.322 e. The first-order valence-corrected chi connectivity index (χ1v) is 11.6. The first-order chi connectivity index (χ1) is 15.0. The van der Waals surface area contributed by atoms with Crippen LogP contribution in [0.4, 0.5) is 10.5 Å². The molecule has 0 spiro atoms. The second kappa shape index (κ2) is 9.77. The first-order valence-electron chi connectivity index (χ1n) is 11.2. The van der Waals surface area contributed by atoms with Crippen LogP contribution in [-0.4, -0.2) is 44.9 Å². The van der Waals surface area contributed by atoms with Gasteiger partial charge in [-0.1, -0.05) is 36.9 Å². The van der Waals surface area contributed by atoms with Crippen LogP contribution in [0.1, 0.15) is 50.6 Å². The molecule has 2 aromatic rings. The fraction of sp³-hybridized carbons (Fsp3) is 0.500. The molecular weight excluding hydrogens is 412 g/mol. The molecule has 0 radical (unpaired) electrons. The van der Waals surface area contributed by atoms with E-state index >= 15 is 0 Å². The second-order valence-corrected chi connectivity index (χ2v) is 9.16. The Balaban J connectivity index is 1.49. The summed E-state index contributed by atoms with van der Waals surface area (Å²) in [5.41, 5.74) is 1.75. The summed E-state index contributed by atoms with van der Waals surface area (Å²) in [6.45, 7) is 0.694. The zero-order valence-corrected chi connectivity index (χ0v) is 18.9. The Morgan fingerprint density at radius 1 is 1.03 bits per heavy atom. The number of nitrogens with one attached hydrogen (secondary N) is 1. The molecule has 0 aliphatic heterocycles. The van der Waals surface area contributed by atoms with Crippen LogP contribution in [0.15, 0.2) is 42.6 Å². The van der Waals surface area contributed by atoms with Crippen LogP contribution in [0.3, 0.4) is 0 Å². The molecule has 7 heteroatoms. The van der Waals surface area contributed by atoms with E-state index in [4.69, 9.17) is 11.6 Å². The van der Waals surface area contributed by atoms with Gasteiger partial charge in [-0.2, -0.15) is 0 Å². The minimum atomic E-state index is -0.225. The Bertz CT molecular complexity index is 918. The monoisotopic (exact) mass is 442 g/mol. The van der Waals surface area contributed by atoms with Gasteiger partial charge in [0.2, 0.25) is 5.91 Å². The van der Waals surface area contributed by atoms with E-state index in [2.05, 4.69) is 5.32 Å². The number of hydrogen-bond acceptors (Lipinski definition) is 2. The van der Waals surface area contributed by atoms with E-state index in [0.29, 0.717) is 17.3 Å². The van der Waals surface area contributed by atoms with Gasteiger partial charge in [-0.15, -0.1) is 0 Å². The van der Waals surface area contributed by atoms with Crippen LogP contribution in [0.25, 0.3) is 0 Å². The number of aryl methyl sites for hydroxylation is 1. The van der Waals surface area contributed by atoms with Crippen LogP contribution < -0.4 is 5.32 Å². The number of benzene rings is 1. The minimum Gasteiger partial charge on any atom is -0.353 e. The molecule has 2 fully saturated rings. The highest BCUT2D eigenvalue weighted by Crippen LogP contribution is 2.30. The molecule has 1 aromatic carbocycles.